The van der Waals surface area contributed by atoms with E-state index in [4.69, 9.17) is 4.42 Å². The number of aryl methyl sites for hydroxylation is 2. The van der Waals surface area contributed by atoms with Crippen molar-refractivity contribution in [2.45, 2.75) is 33.8 Å². The summed E-state index contributed by atoms with van der Waals surface area (Å²) in [5, 5.41) is 11.1. The van der Waals surface area contributed by atoms with Gasteiger partial charge in [-0.15, -0.1) is 0 Å². The van der Waals surface area contributed by atoms with Crippen LogP contribution in [0.15, 0.2) is 22.6 Å². The van der Waals surface area contributed by atoms with E-state index in [9.17, 15) is 5.11 Å². The van der Waals surface area contributed by atoms with E-state index in [1.807, 2.05) is 32.9 Å². The lowest BCUT2D eigenvalue weighted by Gasteiger charge is -2.10. The predicted molar refractivity (Wildman–Crippen MR) is 65.5 cm³/mol. The third kappa shape index (κ3) is 1.85. The first kappa shape index (κ1) is 11.2. The summed E-state index contributed by atoms with van der Waals surface area (Å²) in [7, 11) is 0. The van der Waals surface area contributed by atoms with Crippen molar-refractivity contribution in [3.8, 4) is 0 Å². The maximum atomic E-state index is 9.97. The van der Waals surface area contributed by atoms with Crippen molar-refractivity contribution in [3.63, 3.8) is 0 Å². The summed E-state index contributed by atoms with van der Waals surface area (Å²) < 4.78 is 5.70. The van der Waals surface area contributed by atoms with Gasteiger partial charge in [0.1, 0.15) is 17.4 Å². The molecule has 1 atom stereocenters. The van der Waals surface area contributed by atoms with Crippen molar-refractivity contribution < 1.29 is 9.52 Å². The van der Waals surface area contributed by atoms with Crippen LogP contribution in [0.25, 0.3) is 11.0 Å². The molecule has 2 rings (SSSR count). The maximum Gasteiger partial charge on any atom is 0.134 e. The van der Waals surface area contributed by atoms with Crippen molar-refractivity contribution in [2.24, 2.45) is 5.92 Å². The molecule has 1 aromatic heterocycles. The van der Waals surface area contributed by atoms with Gasteiger partial charge in [0.05, 0.1) is 0 Å². The maximum absolute atomic E-state index is 9.97. The van der Waals surface area contributed by atoms with E-state index < -0.39 is 6.10 Å². The molecule has 0 aliphatic rings. The van der Waals surface area contributed by atoms with Crippen LogP contribution < -0.4 is 0 Å². The number of aliphatic hydroxyl groups excluding tert-OH is 1. The summed E-state index contributed by atoms with van der Waals surface area (Å²) in [6, 6.07) is 6.09. The fourth-order valence-electron chi connectivity index (χ4n) is 1.98. The highest BCUT2D eigenvalue weighted by molar-refractivity contribution is 5.82. The Balaban J connectivity index is 2.56. The molecule has 0 bridgehead atoms. The van der Waals surface area contributed by atoms with Gasteiger partial charge in [-0.2, -0.15) is 0 Å². The molecule has 86 valence electrons. The molecule has 1 N–H and O–H groups in total. The summed E-state index contributed by atoms with van der Waals surface area (Å²) in [4.78, 5) is 0. The molecule has 0 saturated heterocycles. The summed E-state index contributed by atoms with van der Waals surface area (Å²) in [5.41, 5.74) is 3.25. The first-order valence-electron chi connectivity index (χ1n) is 5.68. The fourth-order valence-corrected chi connectivity index (χ4v) is 1.98. The number of benzene rings is 1. The number of hydrogen-bond acceptors (Lipinski definition) is 2. The minimum atomic E-state index is -0.521. The molecule has 16 heavy (non-hydrogen) atoms. The summed E-state index contributed by atoms with van der Waals surface area (Å²) in [6.07, 6.45) is -0.521. The Kier molecular flexibility index (Phi) is 2.76. The lowest BCUT2D eigenvalue weighted by atomic mass is 10.0. The van der Waals surface area contributed by atoms with Crippen LogP contribution in [0.4, 0.5) is 0 Å². The fraction of sp³-hybridized carbons (Fsp3) is 0.429. The normalized spacial score (nSPS) is 13.6. The molecule has 2 nitrogen and oxygen atoms in total. The molecule has 1 aromatic carbocycles. The highest BCUT2D eigenvalue weighted by atomic mass is 16.4. The van der Waals surface area contributed by atoms with Crippen molar-refractivity contribution in [1.82, 2.24) is 0 Å². The second-order valence-corrected chi connectivity index (χ2v) is 4.83. The standard InChI is InChI=1S/C14H18O2/c1-8(2)14(15)13-7-11-10(4)5-9(3)6-12(11)16-13/h5-8,14-15H,1-4H3. The van der Waals surface area contributed by atoms with E-state index in [1.165, 1.54) is 11.1 Å². The predicted octanol–water partition coefficient (Wildman–Crippen LogP) is 3.74. The van der Waals surface area contributed by atoms with Crippen molar-refractivity contribution in [2.75, 3.05) is 0 Å². The van der Waals surface area contributed by atoms with Crippen molar-refractivity contribution in [3.05, 3.63) is 35.1 Å². The molecule has 0 aliphatic carbocycles. The first-order chi connectivity index (χ1) is 7.49. The number of rotatable bonds is 2. The zero-order chi connectivity index (χ0) is 11.9. The SMILES string of the molecule is Cc1cc(C)c2cc(C(O)C(C)C)oc2c1. The number of aliphatic hydroxyl groups is 1. The Hall–Kier alpha value is -1.28. The summed E-state index contributed by atoms with van der Waals surface area (Å²) in [5.74, 6) is 0.834. The van der Waals surface area contributed by atoms with Gasteiger partial charge >= 0.3 is 0 Å². The largest absolute Gasteiger partial charge is 0.458 e. The van der Waals surface area contributed by atoms with Crippen LogP contribution in [0.5, 0.6) is 0 Å². The van der Waals surface area contributed by atoms with Crippen LogP contribution in [0.2, 0.25) is 0 Å². The smallest absolute Gasteiger partial charge is 0.134 e. The summed E-state index contributed by atoms with van der Waals surface area (Å²) >= 11 is 0. The Bertz CT molecular complexity index is 509. The molecule has 0 aliphatic heterocycles. The van der Waals surface area contributed by atoms with Gasteiger partial charge in [-0.1, -0.05) is 19.9 Å². The molecular formula is C14H18O2. The second-order valence-electron chi connectivity index (χ2n) is 4.83. The Morgan fingerprint density at radius 3 is 2.44 bits per heavy atom. The van der Waals surface area contributed by atoms with E-state index in [0.717, 1.165) is 11.0 Å². The van der Waals surface area contributed by atoms with Gasteiger partial charge in [0.2, 0.25) is 0 Å². The summed E-state index contributed by atoms with van der Waals surface area (Å²) in [6.45, 7) is 8.08. The quantitative estimate of drug-likeness (QED) is 0.833. The van der Waals surface area contributed by atoms with Gasteiger partial charge in [-0.25, -0.2) is 0 Å². The number of hydrogen-bond donors (Lipinski definition) is 1. The third-order valence-corrected chi connectivity index (χ3v) is 2.93. The average Bonchev–Trinajstić information content (AvgIpc) is 2.60. The van der Waals surface area contributed by atoms with Gasteiger partial charge in [0.25, 0.3) is 0 Å². The Morgan fingerprint density at radius 2 is 1.81 bits per heavy atom. The molecular weight excluding hydrogens is 200 g/mol. The molecule has 0 fully saturated rings. The van der Waals surface area contributed by atoms with Gasteiger partial charge in [0.15, 0.2) is 0 Å². The molecule has 2 aromatic rings. The van der Waals surface area contributed by atoms with E-state index in [-0.39, 0.29) is 5.92 Å². The van der Waals surface area contributed by atoms with Crippen molar-refractivity contribution in [1.29, 1.82) is 0 Å². The van der Waals surface area contributed by atoms with E-state index in [2.05, 4.69) is 13.0 Å². The molecule has 0 radical (unpaired) electrons. The monoisotopic (exact) mass is 218 g/mol. The second kappa shape index (κ2) is 3.95. The average molecular weight is 218 g/mol. The van der Waals surface area contributed by atoms with Crippen LogP contribution >= 0.6 is 0 Å². The van der Waals surface area contributed by atoms with E-state index in [1.54, 1.807) is 0 Å². The minimum Gasteiger partial charge on any atom is -0.458 e. The minimum absolute atomic E-state index is 0.168. The van der Waals surface area contributed by atoms with Crippen LogP contribution in [-0.4, -0.2) is 5.11 Å². The Labute approximate surface area is 95.9 Å². The highest BCUT2D eigenvalue weighted by Gasteiger charge is 2.17. The third-order valence-electron chi connectivity index (χ3n) is 2.93. The van der Waals surface area contributed by atoms with Crippen LogP contribution in [-0.2, 0) is 0 Å². The van der Waals surface area contributed by atoms with Gasteiger partial charge in [-0.05, 0) is 43.0 Å². The molecule has 0 amide bonds. The van der Waals surface area contributed by atoms with Gasteiger partial charge < -0.3 is 9.52 Å². The van der Waals surface area contributed by atoms with Crippen molar-refractivity contribution >= 4 is 11.0 Å². The zero-order valence-electron chi connectivity index (χ0n) is 10.2. The van der Waals surface area contributed by atoms with Crippen LogP contribution in [0, 0.1) is 19.8 Å². The van der Waals surface area contributed by atoms with Crippen LogP contribution in [0.1, 0.15) is 36.8 Å². The van der Waals surface area contributed by atoms with E-state index in [0.29, 0.717) is 5.76 Å². The van der Waals surface area contributed by atoms with Crippen LogP contribution in [0.3, 0.4) is 0 Å². The van der Waals surface area contributed by atoms with Gasteiger partial charge in [-0.3, -0.25) is 0 Å². The molecule has 2 heteroatoms. The lowest BCUT2D eigenvalue weighted by Crippen LogP contribution is -2.03. The van der Waals surface area contributed by atoms with Gasteiger partial charge in [0, 0.05) is 5.39 Å². The molecule has 0 saturated carbocycles. The lowest BCUT2D eigenvalue weighted by molar-refractivity contribution is 0.104. The zero-order valence-corrected chi connectivity index (χ0v) is 10.2. The Morgan fingerprint density at radius 1 is 1.12 bits per heavy atom. The first-order valence-corrected chi connectivity index (χ1v) is 5.68. The highest BCUT2D eigenvalue weighted by Crippen LogP contribution is 2.30. The topological polar surface area (TPSA) is 33.4 Å². The molecule has 0 spiro atoms. The number of furan rings is 1. The molecule has 1 heterocycles. The van der Waals surface area contributed by atoms with E-state index >= 15 is 0 Å². The number of fused-ring (bicyclic) bond motifs is 1. The molecule has 1 unspecified atom stereocenters.